The van der Waals surface area contributed by atoms with Crippen LogP contribution in [0.25, 0.3) is 0 Å². The zero-order chi connectivity index (χ0) is 16.2. The lowest BCUT2D eigenvalue weighted by molar-refractivity contribution is -0.137. The Balaban J connectivity index is 1.87. The Hall–Kier alpha value is -2.05. The number of alkyl halides is 3. The molecule has 1 aromatic carbocycles. The van der Waals surface area contributed by atoms with Crippen molar-refractivity contribution < 1.29 is 22.8 Å². The smallest absolute Gasteiger partial charge is 0.342 e. The number of nitrogens with zero attached hydrogens (tertiary/aromatic N) is 1. The van der Waals surface area contributed by atoms with Crippen LogP contribution < -0.4 is 5.32 Å². The van der Waals surface area contributed by atoms with E-state index < -0.39 is 17.6 Å². The minimum atomic E-state index is -4.41. The average Bonchev–Trinajstić information content (AvgIpc) is 2.47. The molecule has 120 valence electrons. The number of rotatable bonds is 3. The predicted molar refractivity (Wildman–Crippen MR) is 75.1 cm³/mol. The number of hydrogen-bond acceptors (Lipinski definition) is 2. The highest BCUT2D eigenvalue weighted by molar-refractivity contribution is 6.03. The van der Waals surface area contributed by atoms with Crippen molar-refractivity contribution >= 4 is 17.5 Å². The van der Waals surface area contributed by atoms with Crippen molar-refractivity contribution in [1.29, 1.82) is 0 Å². The van der Waals surface area contributed by atoms with Crippen molar-refractivity contribution in [2.75, 3.05) is 18.4 Å². The number of carbonyl (C=O) groups is 2. The normalized spacial score (nSPS) is 15.5. The van der Waals surface area contributed by atoms with Gasteiger partial charge in [-0.2, -0.15) is 13.2 Å². The number of anilines is 1. The molecule has 0 aliphatic carbocycles. The van der Waals surface area contributed by atoms with Crippen molar-refractivity contribution in [3.8, 4) is 0 Å². The molecule has 1 saturated heterocycles. The van der Waals surface area contributed by atoms with E-state index in [2.05, 4.69) is 5.32 Å². The number of benzene rings is 1. The van der Waals surface area contributed by atoms with Gasteiger partial charge in [-0.3, -0.25) is 9.59 Å². The molecule has 1 heterocycles. The molecule has 1 aliphatic rings. The summed E-state index contributed by atoms with van der Waals surface area (Å²) in [7, 11) is 0. The van der Waals surface area contributed by atoms with Crippen LogP contribution in [0.5, 0.6) is 0 Å². The van der Waals surface area contributed by atoms with Gasteiger partial charge in [-0.25, -0.2) is 0 Å². The fourth-order valence-corrected chi connectivity index (χ4v) is 2.34. The van der Waals surface area contributed by atoms with Crippen molar-refractivity contribution in [1.82, 2.24) is 4.90 Å². The predicted octanol–water partition coefficient (Wildman–Crippen LogP) is 3.05. The van der Waals surface area contributed by atoms with E-state index in [1.165, 1.54) is 12.1 Å². The maximum absolute atomic E-state index is 12.4. The van der Waals surface area contributed by atoms with E-state index in [1.54, 1.807) is 4.90 Å². The van der Waals surface area contributed by atoms with Crippen molar-refractivity contribution in [3.05, 3.63) is 29.8 Å². The minimum Gasteiger partial charge on any atom is -0.342 e. The molecule has 0 aromatic heterocycles. The Labute approximate surface area is 126 Å². The molecule has 2 amide bonds. The third-order valence-corrected chi connectivity index (χ3v) is 3.52. The molecule has 0 unspecified atom stereocenters. The molecule has 2 rings (SSSR count). The van der Waals surface area contributed by atoms with Gasteiger partial charge in [-0.05, 0) is 43.5 Å². The summed E-state index contributed by atoms with van der Waals surface area (Å²) in [5.74, 6) is -0.764. The summed E-state index contributed by atoms with van der Waals surface area (Å²) >= 11 is 0. The van der Waals surface area contributed by atoms with E-state index >= 15 is 0 Å². The Morgan fingerprint density at radius 1 is 1.05 bits per heavy atom. The molecule has 0 radical (unpaired) electrons. The van der Waals surface area contributed by atoms with E-state index in [1.807, 2.05) is 0 Å². The summed E-state index contributed by atoms with van der Waals surface area (Å²) in [6.07, 6.45) is -1.74. The van der Waals surface area contributed by atoms with Crippen LogP contribution in [-0.4, -0.2) is 29.8 Å². The summed E-state index contributed by atoms with van der Waals surface area (Å²) < 4.78 is 37.3. The molecule has 22 heavy (non-hydrogen) atoms. The topological polar surface area (TPSA) is 49.4 Å². The molecular weight excluding hydrogens is 297 g/mol. The number of nitrogens with one attached hydrogen (secondary N) is 1. The molecule has 0 atom stereocenters. The van der Waals surface area contributed by atoms with Crippen LogP contribution >= 0.6 is 0 Å². The van der Waals surface area contributed by atoms with Crippen LogP contribution in [0, 0.1) is 0 Å². The highest BCUT2D eigenvalue weighted by Crippen LogP contribution is 2.29. The Morgan fingerprint density at radius 3 is 2.18 bits per heavy atom. The van der Waals surface area contributed by atoms with Gasteiger partial charge < -0.3 is 10.2 Å². The van der Waals surface area contributed by atoms with Crippen LogP contribution in [-0.2, 0) is 15.8 Å². The van der Waals surface area contributed by atoms with E-state index in [9.17, 15) is 22.8 Å². The fraction of sp³-hybridized carbons (Fsp3) is 0.467. The summed E-state index contributed by atoms with van der Waals surface area (Å²) in [5.41, 5.74) is -0.542. The van der Waals surface area contributed by atoms with Gasteiger partial charge in [0.15, 0.2) is 0 Å². The molecule has 0 spiro atoms. The molecule has 1 aromatic rings. The molecule has 1 aliphatic heterocycles. The largest absolute Gasteiger partial charge is 0.416 e. The Bertz CT molecular complexity index is 535. The zero-order valence-corrected chi connectivity index (χ0v) is 11.9. The van der Waals surface area contributed by atoms with Crippen LogP contribution in [0.15, 0.2) is 24.3 Å². The molecular formula is C15H17F3N2O2. The third-order valence-electron chi connectivity index (χ3n) is 3.52. The number of carbonyl (C=O) groups excluding carboxylic acids is 2. The summed E-state index contributed by atoms with van der Waals surface area (Å²) in [6, 6.07) is 4.13. The highest BCUT2D eigenvalue weighted by Gasteiger charge is 2.30. The number of piperidine rings is 1. The lowest BCUT2D eigenvalue weighted by Crippen LogP contribution is -2.37. The Kier molecular flexibility index (Phi) is 5.05. The van der Waals surface area contributed by atoms with Gasteiger partial charge in [0.1, 0.15) is 6.42 Å². The van der Waals surface area contributed by atoms with E-state index in [0.717, 1.165) is 31.4 Å². The van der Waals surface area contributed by atoms with Crippen molar-refractivity contribution in [3.63, 3.8) is 0 Å². The van der Waals surface area contributed by atoms with Gasteiger partial charge in [0, 0.05) is 18.8 Å². The van der Waals surface area contributed by atoms with Gasteiger partial charge in [0.25, 0.3) is 0 Å². The lowest BCUT2D eigenvalue weighted by atomic mass is 10.1. The average molecular weight is 314 g/mol. The fourth-order valence-electron chi connectivity index (χ4n) is 2.34. The number of hydrogen-bond donors (Lipinski definition) is 1. The third kappa shape index (κ3) is 4.47. The lowest BCUT2D eigenvalue weighted by Gasteiger charge is -2.26. The molecule has 4 nitrogen and oxygen atoms in total. The van der Waals surface area contributed by atoms with Crippen LogP contribution in [0.4, 0.5) is 18.9 Å². The molecule has 7 heteroatoms. The molecule has 1 fully saturated rings. The standard InChI is InChI=1S/C15H17F3N2O2/c16-15(17,18)11-4-6-12(7-5-11)19-13(21)10-14(22)20-8-2-1-3-9-20/h4-7H,1-3,8-10H2,(H,19,21). The SMILES string of the molecule is O=C(CC(=O)N1CCCCC1)Nc1ccc(C(F)(F)F)cc1. The van der Waals surface area contributed by atoms with Gasteiger partial charge in [-0.15, -0.1) is 0 Å². The van der Waals surface area contributed by atoms with Gasteiger partial charge in [0.05, 0.1) is 5.56 Å². The number of halogens is 3. The quantitative estimate of drug-likeness (QED) is 0.872. The second-order valence-electron chi connectivity index (χ2n) is 5.24. The highest BCUT2D eigenvalue weighted by atomic mass is 19.4. The second-order valence-corrected chi connectivity index (χ2v) is 5.24. The van der Waals surface area contributed by atoms with Crippen molar-refractivity contribution in [2.45, 2.75) is 31.9 Å². The first-order valence-electron chi connectivity index (χ1n) is 7.11. The molecule has 0 saturated carbocycles. The van der Waals surface area contributed by atoms with E-state index in [-0.39, 0.29) is 18.0 Å². The van der Waals surface area contributed by atoms with Crippen LogP contribution in [0.3, 0.4) is 0 Å². The van der Waals surface area contributed by atoms with Gasteiger partial charge in [-0.1, -0.05) is 0 Å². The summed E-state index contributed by atoms with van der Waals surface area (Å²) in [4.78, 5) is 25.3. The summed E-state index contributed by atoms with van der Waals surface area (Å²) in [5, 5.41) is 2.44. The van der Waals surface area contributed by atoms with Gasteiger partial charge >= 0.3 is 6.18 Å². The summed E-state index contributed by atoms with van der Waals surface area (Å²) in [6.45, 7) is 1.32. The number of amides is 2. The molecule has 0 bridgehead atoms. The first kappa shape index (κ1) is 16.3. The maximum Gasteiger partial charge on any atom is 0.416 e. The first-order chi connectivity index (χ1) is 10.4. The Morgan fingerprint density at radius 2 is 1.64 bits per heavy atom. The first-order valence-corrected chi connectivity index (χ1v) is 7.11. The van der Waals surface area contributed by atoms with Gasteiger partial charge in [0.2, 0.25) is 11.8 Å². The van der Waals surface area contributed by atoms with Crippen molar-refractivity contribution in [2.24, 2.45) is 0 Å². The zero-order valence-electron chi connectivity index (χ0n) is 11.9. The van der Waals surface area contributed by atoms with E-state index in [4.69, 9.17) is 0 Å². The molecule has 1 N–H and O–H groups in total. The van der Waals surface area contributed by atoms with Crippen LogP contribution in [0.2, 0.25) is 0 Å². The number of likely N-dealkylation sites (tertiary alicyclic amines) is 1. The second kappa shape index (κ2) is 6.81. The van der Waals surface area contributed by atoms with E-state index in [0.29, 0.717) is 13.1 Å². The monoisotopic (exact) mass is 314 g/mol. The van der Waals surface area contributed by atoms with Crippen LogP contribution in [0.1, 0.15) is 31.2 Å². The maximum atomic E-state index is 12.4. The minimum absolute atomic E-state index is 0.240.